The minimum Gasteiger partial charge on any atom is -0.348 e. The minimum absolute atomic E-state index is 0.352. The molecule has 1 fully saturated rings. The van der Waals surface area contributed by atoms with E-state index in [1.54, 1.807) is 24.5 Å². The van der Waals surface area contributed by atoms with Crippen LogP contribution in [0.1, 0.15) is 18.4 Å². The number of benzene rings is 1. The molecule has 1 saturated heterocycles. The largest absolute Gasteiger partial charge is 0.348 e. The van der Waals surface area contributed by atoms with Crippen molar-refractivity contribution in [2.24, 2.45) is 5.92 Å². The second-order valence-electron chi connectivity index (χ2n) is 6.51. The molecule has 0 saturated carbocycles. The first-order valence-corrected chi connectivity index (χ1v) is 8.79. The van der Waals surface area contributed by atoms with Crippen molar-refractivity contribution in [2.45, 2.75) is 19.8 Å². The van der Waals surface area contributed by atoms with Gasteiger partial charge in [-0.15, -0.1) is 0 Å². The average Bonchev–Trinajstić information content (AvgIpc) is 2.67. The maximum atomic E-state index is 12.0. The Labute approximate surface area is 152 Å². The Morgan fingerprint density at radius 2 is 1.85 bits per heavy atom. The van der Waals surface area contributed by atoms with Gasteiger partial charge >= 0.3 is 11.8 Å². The van der Waals surface area contributed by atoms with Crippen molar-refractivity contribution >= 4 is 23.5 Å². The Morgan fingerprint density at radius 3 is 2.54 bits per heavy atom. The SMILES string of the molecule is Cc1cccc(NC(=O)C(=O)NCC2CCN(c3ncccn3)CC2)c1. The second kappa shape index (κ2) is 8.42. The molecule has 3 rings (SSSR count). The zero-order valence-corrected chi connectivity index (χ0v) is 14.8. The van der Waals surface area contributed by atoms with E-state index in [-0.39, 0.29) is 0 Å². The molecule has 0 radical (unpaired) electrons. The summed E-state index contributed by atoms with van der Waals surface area (Å²) in [7, 11) is 0. The molecular formula is C19H23N5O2. The van der Waals surface area contributed by atoms with Gasteiger partial charge in [-0.2, -0.15) is 0 Å². The molecule has 7 heteroatoms. The molecule has 2 heterocycles. The fourth-order valence-corrected chi connectivity index (χ4v) is 3.02. The predicted molar refractivity (Wildman–Crippen MR) is 99.8 cm³/mol. The van der Waals surface area contributed by atoms with Crippen molar-refractivity contribution in [3.05, 3.63) is 48.3 Å². The summed E-state index contributed by atoms with van der Waals surface area (Å²) in [5.74, 6) is -0.135. The number of anilines is 2. The zero-order valence-electron chi connectivity index (χ0n) is 14.8. The highest BCUT2D eigenvalue weighted by atomic mass is 16.2. The smallest absolute Gasteiger partial charge is 0.313 e. The van der Waals surface area contributed by atoms with Gasteiger partial charge in [-0.25, -0.2) is 9.97 Å². The fourth-order valence-electron chi connectivity index (χ4n) is 3.02. The Morgan fingerprint density at radius 1 is 1.12 bits per heavy atom. The second-order valence-corrected chi connectivity index (χ2v) is 6.51. The number of hydrogen-bond donors (Lipinski definition) is 2. The number of nitrogens with zero attached hydrogens (tertiary/aromatic N) is 3. The highest BCUT2D eigenvalue weighted by Crippen LogP contribution is 2.19. The third-order valence-electron chi connectivity index (χ3n) is 4.48. The van der Waals surface area contributed by atoms with Gasteiger partial charge in [-0.1, -0.05) is 12.1 Å². The minimum atomic E-state index is -0.634. The van der Waals surface area contributed by atoms with Crippen molar-refractivity contribution in [1.29, 1.82) is 0 Å². The van der Waals surface area contributed by atoms with Gasteiger partial charge in [0.2, 0.25) is 5.95 Å². The lowest BCUT2D eigenvalue weighted by Gasteiger charge is -2.31. The summed E-state index contributed by atoms with van der Waals surface area (Å²) in [6.45, 7) is 4.13. The molecular weight excluding hydrogens is 330 g/mol. The first-order valence-electron chi connectivity index (χ1n) is 8.79. The van der Waals surface area contributed by atoms with Crippen LogP contribution in [0.4, 0.5) is 11.6 Å². The van der Waals surface area contributed by atoms with E-state index in [9.17, 15) is 9.59 Å². The van der Waals surface area contributed by atoms with Gasteiger partial charge in [-0.3, -0.25) is 9.59 Å². The number of piperidine rings is 1. The number of amides is 2. The van der Waals surface area contributed by atoms with Crippen LogP contribution in [0, 0.1) is 12.8 Å². The van der Waals surface area contributed by atoms with Crippen LogP contribution >= 0.6 is 0 Å². The predicted octanol–water partition coefficient (Wildman–Crippen LogP) is 1.76. The molecule has 26 heavy (non-hydrogen) atoms. The highest BCUT2D eigenvalue weighted by Gasteiger charge is 2.22. The molecule has 1 aliphatic rings. The first kappa shape index (κ1) is 17.8. The van der Waals surface area contributed by atoms with E-state index in [1.165, 1.54) is 0 Å². The van der Waals surface area contributed by atoms with Crippen LogP contribution in [0.3, 0.4) is 0 Å². The van der Waals surface area contributed by atoms with Gasteiger partial charge in [0.05, 0.1) is 0 Å². The molecule has 7 nitrogen and oxygen atoms in total. The Balaban J connectivity index is 1.42. The van der Waals surface area contributed by atoms with Crippen molar-refractivity contribution in [1.82, 2.24) is 15.3 Å². The molecule has 2 amide bonds. The van der Waals surface area contributed by atoms with E-state index in [4.69, 9.17) is 0 Å². The Bertz CT molecular complexity index is 758. The third kappa shape index (κ3) is 4.78. The summed E-state index contributed by atoms with van der Waals surface area (Å²) in [5.41, 5.74) is 1.65. The monoisotopic (exact) mass is 353 g/mol. The maximum Gasteiger partial charge on any atom is 0.313 e. The number of aryl methyl sites for hydroxylation is 1. The Hall–Kier alpha value is -2.96. The summed E-state index contributed by atoms with van der Waals surface area (Å²) in [4.78, 5) is 34.7. The van der Waals surface area contributed by atoms with Gasteiger partial charge in [0.1, 0.15) is 0 Å². The number of rotatable bonds is 4. The van der Waals surface area contributed by atoms with E-state index in [2.05, 4.69) is 25.5 Å². The van der Waals surface area contributed by atoms with E-state index in [0.29, 0.717) is 18.2 Å². The molecule has 1 aromatic carbocycles. The molecule has 2 aromatic rings. The van der Waals surface area contributed by atoms with Gasteiger partial charge in [0.15, 0.2) is 0 Å². The molecule has 0 bridgehead atoms. The molecule has 0 aliphatic carbocycles. The van der Waals surface area contributed by atoms with Gasteiger partial charge in [0, 0.05) is 37.7 Å². The summed E-state index contributed by atoms with van der Waals surface area (Å²) >= 11 is 0. The molecule has 1 aliphatic heterocycles. The highest BCUT2D eigenvalue weighted by molar-refractivity contribution is 6.39. The van der Waals surface area contributed by atoms with Crippen LogP contribution < -0.4 is 15.5 Å². The molecule has 0 spiro atoms. The van der Waals surface area contributed by atoms with E-state index in [1.807, 2.05) is 25.1 Å². The lowest BCUT2D eigenvalue weighted by Crippen LogP contribution is -2.42. The van der Waals surface area contributed by atoms with Crippen molar-refractivity contribution in [3.63, 3.8) is 0 Å². The number of aromatic nitrogens is 2. The standard InChI is InChI=1S/C19H23N5O2/c1-14-4-2-5-16(12-14)23-18(26)17(25)22-13-15-6-10-24(11-7-15)19-20-8-3-9-21-19/h2-5,8-9,12,15H,6-7,10-11,13H2,1H3,(H,22,25)(H,23,26). The maximum absolute atomic E-state index is 12.0. The average molecular weight is 353 g/mol. The van der Waals surface area contributed by atoms with Crippen LogP contribution in [-0.2, 0) is 9.59 Å². The summed E-state index contributed by atoms with van der Waals surface area (Å²) in [6, 6.07) is 9.16. The van der Waals surface area contributed by atoms with Crippen molar-refractivity contribution in [2.75, 3.05) is 29.9 Å². The third-order valence-corrected chi connectivity index (χ3v) is 4.48. The number of nitrogens with one attached hydrogen (secondary N) is 2. The van der Waals surface area contributed by atoms with Gasteiger partial charge < -0.3 is 15.5 Å². The molecule has 0 atom stereocenters. The van der Waals surface area contributed by atoms with Crippen LogP contribution in [0.2, 0.25) is 0 Å². The quantitative estimate of drug-likeness (QED) is 0.818. The Kier molecular flexibility index (Phi) is 5.78. The van der Waals surface area contributed by atoms with Crippen LogP contribution in [0.15, 0.2) is 42.7 Å². The van der Waals surface area contributed by atoms with E-state index in [0.717, 1.165) is 37.4 Å². The topological polar surface area (TPSA) is 87.2 Å². The summed E-state index contributed by atoms with van der Waals surface area (Å²) in [6.07, 6.45) is 5.33. The van der Waals surface area contributed by atoms with Crippen LogP contribution in [0.25, 0.3) is 0 Å². The van der Waals surface area contributed by atoms with E-state index < -0.39 is 11.8 Å². The van der Waals surface area contributed by atoms with Crippen molar-refractivity contribution in [3.8, 4) is 0 Å². The van der Waals surface area contributed by atoms with E-state index >= 15 is 0 Å². The van der Waals surface area contributed by atoms with Crippen LogP contribution in [0.5, 0.6) is 0 Å². The molecule has 136 valence electrons. The lowest BCUT2D eigenvalue weighted by atomic mass is 9.97. The first-order chi connectivity index (χ1) is 12.6. The van der Waals surface area contributed by atoms with Crippen LogP contribution in [-0.4, -0.2) is 41.4 Å². The molecule has 2 N–H and O–H groups in total. The van der Waals surface area contributed by atoms with Gasteiger partial charge in [-0.05, 0) is 49.4 Å². The zero-order chi connectivity index (χ0) is 18.4. The summed E-state index contributed by atoms with van der Waals surface area (Å²) < 4.78 is 0. The van der Waals surface area contributed by atoms with Gasteiger partial charge in [0.25, 0.3) is 0 Å². The fraction of sp³-hybridized carbons (Fsp3) is 0.368. The molecule has 1 aromatic heterocycles. The van der Waals surface area contributed by atoms with Crippen molar-refractivity contribution < 1.29 is 9.59 Å². The number of carbonyl (C=O) groups excluding carboxylic acids is 2. The molecule has 0 unspecified atom stereocenters. The number of hydrogen-bond acceptors (Lipinski definition) is 5. The lowest BCUT2D eigenvalue weighted by molar-refractivity contribution is -0.136. The summed E-state index contributed by atoms with van der Waals surface area (Å²) in [5, 5.41) is 5.36. The number of carbonyl (C=O) groups is 2. The normalized spacial score (nSPS) is 14.7.